The van der Waals surface area contributed by atoms with Crippen LogP contribution in [0.5, 0.6) is 0 Å². The minimum absolute atomic E-state index is 0.491. The normalized spacial score (nSPS) is 12.9. The third-order valence-electron chi connectivity index (χ3n) is 3.32. The molecular weight excluding hydrogens is 238 g/mol. The maximum absolute atomic E-state index is 5.06. The Hall–Kier alpha value is -1.03. The molecule has 1 aromatic rings. The Kier molecular flexibility index (Phi) is 6.92. The molecule has 110 valence electrons. The number of methoxy groups -OCH3 is 1. The first-order chi connectivity index (χ1) is 9.04. The van der Waals surface area contributed by atoms with Gasteiger partial charge in [-0.15, -0.1) is 0 Å². The first kappa shape index (κ1) is 16.0. The second-order valence-corrected chi connectivity index (χ2v) is 5.71. The van der Waals surface area contributed by atoms with Crippen LogP contribution in [0.1, 0.15) is 51.8 Å². The molecule has 0 aliphatic rings. The first-order valence-corrected chi connectivity index (χ1v) is 7.32. The van der Waals surface area contributed by atoms with Crippen molar-refractivity contribution >= 4 is 5.95 Å². The van der Waals surface area contributed by atoms with Gasteiger partial charge in [0.15, 0.2) is 0 Å². The first-order valence-electron chi connectivity index (χ1n) is 7.32. The summed E-state index contributed by atoms with van der Waals surface area (Å²) in [4.78, 5) is 4.54. The highest BCUT2D eigenvalue weighted by Gasteiger charge is 2.11. The van der Waals surface area contributed by atoms with Crippen molar-refractivity contribution in [2.75, 3.05) is 25.6 Å². The number of aromatic nitrogens is 2. The molecule has 1 atom stereocenters. The number of nitrogens with one attached hydrogen (secondary N) is 1. The molecule has 1 unspecified atom stereocenters. The van der Waals surface area contributed by atoms with Gasteiger partial charge in [0.1, 0.15) is 0 Å². The Bertz CT molecular complexity index is 360. The molecule has 1 rings (SSSR count). The lowest BCUT2D eigenvalue weighted by Crippen LogP contribution is -2.14. The lowest BCUT2D eigenvalue weighted by molar-refractivity contribution is 0.210. The lowest BCUT2D eigenvalue weighted by Gasteiger charge is -2.17. The van der Waals surface area contributed by atoms with Crippen molar-refractivity contribution in [3.8, 4) is 0 Å². The molecule has 0 aliphatic carbocycles. The molecule has 0 aromatic carbocycles. The van der Waals surface area contributed by atoms with Crippen molar-refractivity contribution < 1.29 is 4.74 Å². The number of hydrogen-bond donors (Lipinski definition) is 1. The number of imidazole rings is 1. The van der Waals surface area contributed by atoms with Gasteiger partial charge < -0.3 is 14.6 Å². The number of nitrogens with zero attached hydrogens (tertiary/aromatic N) is 2. The van der Waals surface area contributed by atoms with Crippen LogP contribution in [-0.2, 0) is 4.74 Å². The number of hydrogen-bond acceptors (Lipinski definition) is 3. The molecule has 4 heteroatoms. The van der Waals surface area contributed by atoms with Crippen molar-refractivity contribution in [2.24, 2.45) is 5.92 Å². The van der Waals surface area contributed by atoms with E-state index in [0.717, 1.165) is 24.1 Å². The van der Waals surface area contributed by atoms with E-state index in [2.05, 4.69) is 41.8 Å². The van der Waals surface area contributed by atoms with Gasteiger partial charge in [0.2, 0.25) is 5.95 Å². The molecule has 0 amide bonds. The minimum Gasteiger partial charge on any atom is -0.383 e. The van der Waals surface area contributed by atoms with Crippen LogP contribution < -0.4 is 5.32 Å². The lowest BCUT2D eigenvalue weighted by atomic mass is 10.0. The zero-order chi connectivity index (χ0) is 14.3. The molecule has 1 heterocycles. The molecule has 19 heavy (non-hydrogen) atoms. The molecule has 1 N–H and O–H groups in total. The van der Waals surface area contributed by atoms with Gasteiger partial charge in [-0.2, -0.15) is 0 Å². The van der Waals surface area contributed by atoms with E-state index in [-0.39, 0.29) is 0 Å². The van der Waals surface area contributed by atoms with E-state index in [1.165, 1.54) is 19.3 Å². The van der Waals surface area contributed by atoms with Crippen molar-refractivity contribution in [3.05, 3.63) is 11.9 Å². The summed E-state index contributed by atoms with van der Waals surface area (Å²) in [5, 5.41) is 3.34. The van der Waals surface area contributed by atoms with E-state index < -0.39 is 0 Å². The highest BCUT2D eigenvalue weighted by molar-refractivity contribution is 5.29. The fourth-order valence-corrected chi connectivity index (χ4v) is 2.21. The summed E-state index contributed by atoms with van der Waals surface area (Å²) in [6.45, 7) is 10.4. The zero-order valence-electron chi connectivity index (χ0n) is 13.1. The number of ether oxygens (including phenoxy) is 1. The van der Waals surface area contributed by atoms with Crippen molar-refractivity contribution in [2.45, 2.75) is 53.0 Å². The van der Waals surface area contributed by atoms with Crippen molar-refractivity contribution in [3.63, 3.8) is 0 Å². The zero-order valence-corrected chi connectivity index (χ0v) is 13.1. The van der Waals surface area contributed by atoms with Gasteiger partial charge in [-0.3, -0.25) is 0 Å². The molecule has 0 saturated carbocycles. The Morgan fingerprint density at radius 3 is 2.68 bits per heavy atom. The van der Waals surface area contributed by atoms with Crippen LogP contribution in [-0.4, -0.2) is 29.8 Å². The third-order valence-corrected chi connectivity index (χ3v) is 3.32. The van der Waals surface area contributed by atoms with E-state index in [1.54, 1.807) is 7.11 Å². The Labute approximate surface area is 117 Å². The van der Waals surface area contributed by atoms with Crippen LogP contribution in [0.3, 0.4) is 0 Å². The summed E-state index contributed by atoms with van der Waals surface area (Å²) in [5.41, 5.74) is 1.07. The van der Waals surface area contributed by atoms with Gasteiger partial charge in [0, 0.05) is 25.9 Å². The number of rotatable bonds is 9. The van der Waals surface area contributed by atoms with Gasteiger partial charge >= 0.3 is 0 Å². The van der Waals surface area contributed by atoms with Crippen LogP contribution in [0.15, 0.2) is 6.20 Å². The summed E-state index contributed by atoms with van der Waals surface area (Å²) < 4.78 is 7.32. The molecule has 0 bridgehead atoms. The van der Waals surface area contributed by atoms with Gasteiger partial charge in [0.25, 0.3) is 0 Å². The monoisotopic (exact) mass is 267 g/mol. The molecular formula is C15H29N3O. The van der Waals surface area contributed by atoms with E-state index >= 15 is 0 Å². The molecule has 0 fully saturated rings. The molecule has 0 spiro atoms. The second-order valence-electron chi connectivity index (χ2n) is 5.71. The summed E-state index contributed by atoms with van der Waals surface area (Å²) >= 11 is 0. The van der Waals surface area contributed by atoms with Crippen LogP contribution in [0.2, 0.25) is 0 Å². The third kappa shape index (κ3) is 5.64. The van der Waals surface area contributed by atoms with Crippen LogP contribution in [0, 0.1) is 12.8 Å². The Morgan fingerprint density at radius 2 is 2.05 bits per heavy atom. The van der Waals surface area contributed by atoms with Crippen LogP contribution in [0.4, 0.5) is 5.95 Å². The average Bonchev–Trinajstić information content (AvgIpc) is 2.70. The van der Waals surface area contributed by atoms with Crippen LogP contribution in [0.25, 0.3) is 0 Å². The predicted octanol–water partition coefficient (Wildman–Crippen LogP) is 3.64. The fourth-order valence-electron chi connectivity index (χ4n) is 2.21. The summed E-state index contributed by atoms with van der Waals surface area (Å²) in [6.07, 6.45) is 5.90. The number of anilines is 1. The molecule has 4 nitrogen and oxygen atoms in total. The second kappa shape index (κ2) is 8.20. The molecule has 0 saturated heterocycles. The van der Waals surface area contributed by atoms with E-state index in [1.807, 2.05) is 6.92 Å². The van der Waals surface area contributed by atoms with Gasteiger partial charge in [0.05, 0.1) is 12.3 Å². The molecule has 0 radical (unpaired) electrons. The standard InChI is InChI=1S/C15H29N3O/c1-12(2)7-6-8-14(4)18-11-13(3)17-15(18)16-9-10-19-5/h11-12,14H,6-10H2,1-5H3,(H,16,17). The van der Waals surface area contributed by atoms with Crippen molar-refractivity contribution in [1.82, 2.24) is 9.55 Å². The van der Waals surface area contributed by atoms with Gasteiger partial charge in [-0.25, -0.2) is 4.98 Å². The fraction of sp³-hybridized carbons (Fsp3) is 0.800. The van der Waals surface area contributed by atoms with E-state index in [9.17, 15) is 0 Å². The molecule has 0 aliphatic heterocycles. The van der Waals surface area contributed by atoms with Crippen molar-refractivity contribution in [1.29, 1.82) is 0 Å². The largest absolute Gasteiger partial charge is 0.383 e. The van der Waals surface area contributed by atoms with Gasteiger partial charge in [-0.05, 0) is 26.2 Å². The Balaban J connectivity index is 2.54. The summed E-state index contributed by atoms with van der Waals surface area (Å²) in [5.74, 6) is 1.75. The maximum atomic E-state index is 5.06. The van der Waals surface area contributed by atoms with E-state index in [0.29, 0.717) is 12.6 Å². The average molecular weight is 267 g/mol. The van der Waals surface area contributed by atoms with Gasteiger partial charge in [-0.1, -0.05) is 26.7 Å². The highest BCUT2D eigenvalue weighted by atomic mass is 16.5. The predicted molar refractivity (Wildman–Crippen MR) is 80.7 cm³/mol. The van der Waals surface area contributed by atoms with E-state index in [4.69, 9.17) is 4.74 Å². The maximum Gasteiger partial charge on any atom is 0.203 e. The quantitative estimate of drug-likeness (QED) is 0.694. The number of aryl methyl sites for hydroxylation is 1. The summed E-state index contributed by atoms with van der Waals surface area (Å²) in [7, 11) is 1.72. The Morgan fingerprint density at radius 1 is 1.32 bits per heavy atom. The molecule has 1 aromatic heterocycles. The summed E-state index contributed by atoms with van der Waals surface area (Å²) in [6, 6.07) is 0.491. The topological polar surface area (TPSA) is 39.1 Å². The smallest absolute Gasteiger partial charge is 0.203 e. The SMILES string of the molecule is COCCNc1nc(C)cn1C(C)CCCC(C)C. The highest BCUT2D eigenvalue weighted by Crippen LogP contribution is 2.21. The minimum atomic E-state index is 0.491. The van der Waals surface area contributed by atoms with Crippen LogP contribution >= 0.6 is 0 Å².